The zero-order chi connectivity index (χ0) is 11.6. The van der Waals surface area contributed by atoms with Crippen LogP contribution in [0, 0.1) is 0 Å². The number of unbranched alkanes of at least 4 members (excludes halogenated alkanes) is 3. The molecule has 0 aromatic rings. The summed E-state index contributed by atoms with van der Waals surface area (Å²) in [5.41, 5.74) is 0. The van der Waals surface area contributed by atoms with Gasteiger partial charge in [-0.05, 0) is 13.3 Å². The molecule has 0 heterocycles. The molecular formula is C8H19O4PS2. The van der Waals surface area contributed by atoms with Gasteiger partial charge in [0.15, 0.2) is 0 Å². The lowest BCUT2D eigenvalue weighted by Crippen LogP contribution is -1.98. The molecule has 0 saturated heterocycles. The van der Waals surface area contributed by atoms with Crippen LogP contribution in [0.25, 0.3) is 0 Å². The van der Waals surface area contributed by atoms with Gasteiger partial charge in [0.25, 0.3) is 0 Å². The van der Waals surface area contributed by atoms with Gasteiger partial charge in [-0.2, -0.15) is 0 Å². The Balaban J connectivity index is 3.71. The van der Waals surface area contributed by atoms with E-state index in [2.05, 4.69) is 18.6 Å². The van der Waals surface area contributed by atoms with Crippen molar-refractivity contribution in [3.8, 4) is 0 Å². The van der Waals surface area contributed by atoms with E-state index in [9.17, 15) is 4.57 Å². The summed E-state index contributed by atoms with van der Waals surface area (Å²) < 4.78 is 26.5. The predicted molar refractivity (Wildman–Crippen MR) is 67.0 cm³/mol. The first-order chi connectivity index (χ1) is 7.18. The largest absolute Gasteiger partial charge is 0.486 e. The first-order valence-corrected chi connectivity index (χ1v) is 8.33. The van der Waals surface area contributed by atoms with E-state index in [1.165, 1.54) is 0 Å². The molecular weight excluding hydrogens is 255 g/mol. The minimum absolute atomic E-state index is 0.292. The molecule has 0 bridgehead atoms. The van der Waals surface area contributed by atoms with Gasteiger partial charge in [0.1, 0.15) is 0 Å². The van der Waals surface area contributed by atoms with Gasteiger partial charge >= 0.3 is 7.82 Å². The van der Waals surface area contributed by atoms with Crippen molar-refractivity contribution in [3.63, 3.8) is 0 Å². The minimum atomic E-state index is -3.38. The number of hydrogen-bond donors (Lipinski definition) is 1. The number of hydrogen-bond acceptors (Lipinski definition) is 6. The summed E-state index contributed by atoms with van der Waals surface area (Å²) in [6.07, 6.45) is 4.25. The second-order valence-corrected chi connectivity index (χ2v) is 5.51. The smallest absolute Gasteiger partial charge is 0.287 e. The second kappa shape index (κ2) is 10.00. The van der Waals surface area contributed by atoms with Crippen LogP contribution < -0.4 is 0 Å². The first kappa shape index (κ1) is 15.8. The molecule has 4 nitrogen and oxygen atoms in total. The van der Waals surface area contributed by atoms with Crippen LogP contribution in [0.1, 0.15) is 39.5 Å². The highest BCUT2D eigenvalue weighted by atomic mass is 33.1. The number of thiol groups is 1. The molecule has 0 aliphatic carbocycles. The van der Waals surface area contributed by atoms with Crippen LogP contribution in [0.2, 0.25) is 0 Å². The van der Waals surface area contributed by atoms with E-state index in [0.717, 1.165) is 25.7 Å². The van der Waals surface area contributed by atoms with E-state index in [1.54, 1.807) is 6.92 Å². The van der Waals surface area contributed by atoms with Gasteiger partial charge in [0.2, 0.25) is 0 Å². The Kier molecular flexibility index (Phi) is 10.5. The Hall–Kier alpha value is 0.810. The van der Waals surface area contributed by atoms with Crippen molar-refractivity contribution < 1.29 is 17.6 Å². The fourth-order valence-electron chi connectivity index (χ4n) is 0.984. The van der Waals surface area contributed by atoms with Crippen LogP contribution in [0.4, 0.5) is 0 Å². The number of phosphoric ester groups is 1. The van der Waals surface area contributed by atoms with Gasteiger partial charge in [-0.1, -0.05) is 37.8 Å². The highest BCUT2D eigenvalue weighted by Crippen LogP contribution is 2.53. The van der Waals surface area contributed by atoms with Gasteiger partial charge in [-0.25, -0.2) is 8.54 Å². The fraction of sp³-hybridized carbons (Fsp3) is 1.00. The maximum absolute atomic E-state index is 11.7. The van der Waals surface area contributed by atoms with Gasteiger partial charge in [-0.15, -0.1) is 0 Å². The quantitative estimate of drug-likeness (QED) is 0.212. The molecule has 0 aromatic carbocycles. The van der Waals surface area contributed by atoms with Gasteiger partial charge in [0, 0.05) is 0 Å². The monoisotopic (exact) mass is 274 g/mol. The van der Waals surface area contributed by atoms with Crippen LogP contribution in [0.15, 0.2) is 0 Å². The third-order valence-electron chi connectivity index (χ3n) is 1.66. The SMILES string of the molecule is CCCCCCOP(=O)(OCC)OSS. The Bertz CT molecular complexity index is 181. The molecule has 7 heteroatoms. The van der Waals surface area contributed by atoms with Gasteiger partial charge in [-0.3, -0.25) is 9.05 Å². The lowest BCUT2D eigenvalue weighted by molar-refractivity contribution is 0.166. The van der Waals surface area contributed by atoms with Gasteiger partial charge < -0.3 is 0 Å². The lowest BCUT2D eigenvalue weighted by Gasteiger charge is -2.14. The van der Waals surface area contributed by atoms with Crippen molar-refractivity contribution in [3.05, 3.63) is 0 Å². The summed E-state index contributed by atoms with van der Waals surface area (Å²) in [4.78, 5) is 0. The second-order valence-electron chi connectivity index (χ2n) is 2.91. The van der Waals surface area contributed by atoms with E-state index in [4.69, 9.17) is 13.0 Å². The third-order valence-corrected chi connectivity index (χ3v) is 4.33. The average Bonchev–Trinajstić information content (AvgIpc) is 2.18. The third kappa shape index (κ3) is 8.60. The van der Waals surface area contributed by atoms with Crippen molar-refractivity contribution in [1.82, 2.24) is 0 Å². The van der Waals surface area contributed by atoms with Crippen LogP contribution >= 0.6 is 30.6 Å². The molecule has 0 saturated carbocycles. The molecule has 0 aromatic heterocycles. The topological polar surface area (TPSA) is 44.8 Å². The van der Waals surface area contributed by atoms with E-state index in [0.29, 0.717) is 24.3 Å². The van der Waals surface area contributed by atoms with Crippen molar-refractivity contribution in [1.29, 1.82) is 0 Å². The Labute approximate surface area is 101 Å². The molecule has 0 aliphatic heterocycles. The molecule has 0 spiro atoms. The maximum atomic E-state index is 11.7. The summed E-state index contributed by atoms with van der Waals surface area (Å²) >= 11 is 4.45. The zero-order valence-electron chi connectivity index (χ0n) is 9.18. The summed E-state index contributed by atoms with van der Waals surface area (Å²) in [6.45, 7) is 4.55. The molecule has 0 radical (unpaired) electrons. The summed E-state index contributed by atoms with van der Waals surface area (Å²) in [7, 11) is -3.38. The normalized spacial score (nSPS) is 15.1. The van der Waals surface area contributed by atoms with Crippen molar-refractivity contribution in [2.75, 3.05) is 13.2 Å². The highest BCUT2D eigenvalue weighted by molar-refractivity contribution is 8.67. The molecule has 1 unspecified atom stereocenters. The summed E-state index contributed by atoms with van der Waals surface area (Å²) in [5, 5.41) is 0. The Morgan fingerprint density at radius 1 is 1.20 bits per heavy atom. The van der Waals surface area contributed by atoms with Crippen LogP contribution in [0.5, 0.6) is 0 Å². The van der Waals surface area contributed by atoms with Gasteiger partial charge in [0.05, 0.1) is 24.3 Å². The average molecular weight is 274 g/mol. The van der Waals surface area contributed by atoms with E-state index in [1.807, 2.05) is 0 Å². The molecule has 0 rings (SSSR count). The standard InChI is InChI=1S/C8H19O4PS2/c1-3-5-6-7-8-11-13(9,10-4-2)12-15-14/h14H,3-8H2,1-2H3. The zero-order valence-corrected chi connectivity index (χ0v) is 11.8. The maximum Gasteiger partial charge on any atom is 0.486 e. The van der Waals surface area contributed by atoms with Crippen molar-refractivity contribution in [2.24, 2.45) is 0 Å². The van der Waals surface area contributed by atoms with E-state index < -0.39 is 7.82 Å². The predicted octanol–water partition coefficient (Wildman–Crippen LogP) is 4.24. The molecule has 0 fully saturated rings. The number of phosphoric acid groups is 1. The fourth-order valence-corrected chi connectivity index (χ4v) is 3.13. The molecule has 0 amide bonds. The summed E-state index contributed by atoms with van der Waals surface area (Å²) in [6, 6.07) is 0. The number of rotatable bonds is 10. The van der Waals surface area contributed by atoms with Crippen LogP contribution in [-0.4, -0.2) is 13.2 Å². The first-order valence-electron chi connectivity index (χ1n) is 5.07. The van der Waals surface area contributed by atoms with Crippen molar-refractivity contribution in [2.45, 2.75) is 39.5 Å². The minimum Gasteiger partial charge on any atom is -0.287 e. The molecule has 0 N–H and O–H groups in total. The lowest BCUT2D eigenvalue weighted by atomic mass is 10.2. The Morgan fingerprint density at radius 2 is 1.93 bits per heavy atom. The Morgan fingerprint density at radius 3 is 2.47 bits per heavy atom. The van der Waals surface area contributed by atoms with Crippen LogP contribution in [0.3, 0.4) is 0 Å². The molecule has 0 aliphatic rings. The summed E-state index contributed by atoms with van der Waals surface area (Å²) in [5.74, 6) is 0. The molecule has 92 valence electrons. The highest BCUT2D eigenvalue weighted by Gasteiger charge is 2.26. The van der Waals surface area contributed by atoms with E-state index in [-0.39, 0.29) is 0 Å². The van der Waals surface area contributed by atoms with Crippen molar-refractivity contribution >= 4 is 30.6 Å². The molecule has 15 heavy (non-hydrogen) atoms. The van der Waals surface area contributed by atoms with Crippen LogP contribution in [-0.2, 0) is 17.6 Å². The molecule has 1 atom stereocenters. The van der Waals surface area contributed by atoms with E-state index >= 15 is 0 Å².